The van der Waals surface area contributed by atoms with Gasteiger partial charge in [-0.3, -0.25) is 14.8 Å². The maximum atomic E-state index is 13.7. The smallest absolute Gasteiger partial charge is 0.314 e. The van der Waals surface area contributed by atoms with E-state index in [1.807, 2.05) is 0 Å². The van der Waals surface area contributed by atoms with Crippen LogP contribution in [-0.2, 0) is 19.1 Å². The molecule has 7 nitrogen and oxygen atoms in total. The Morgan fingerprint density at radius 3 is 2.07 bits per heavy atom. The first-order valence-corrected chi connectivity index (χ1v) is 7.45. The largest absolute Gasteiger partial charge is 0.459 e. The summed E-state index contributed by atoms with van der Waals surface area (Å²) < 4.78 is 106. The topological polar surface area (TPSA) is 77.1 Å². The van der Waals surface area contributed by atoms with E-state index in [1.54, 1.807) is 0 Å². The molecule has 0 spiro atoms. The zero-order valence-corrected chi connectivity index (χ0v) is 14.7. The molecule has 0 saturated heterocycles. The minimum Gasteiger partial charge on any atom is -0.314 e. The normalized spacial score (nSPS) is 12.9. The standard InChI is InChI=1S/C14H11F8N5O2/c1-6-7(27(28)29)4-5-8(23-6)25(2)11-9(13(17,18)19)10(24-26(11)3)12(15,16)14(20,21)22/h4-5H,1-3H3. The number of halogens is 8. The summed E-state index contributed by atoms with van der Waals surface area (Å²) in [5, 5.41) is 13.6. The lowest BCUT2D eigenvalue weighted by molar-refractivity contribution is -0.385. The molecule has 0 radical (unpaired) electrons. The molecule has 0 unspecified atom stereocenters. The second-order valence-corrected chi connectivity index (χ2v) is 5.83. The SMILES string of the molecule is Cc1nc(N(C)c2c(C(F)(F)F)c(C(F)(F)C(F)(F)F)nn2C)ccc1[N+](=O)[O-]. The van der Waals surface area contributed by atoms with Gasteiger partial charge in [-0.05, 0) is 13.0 Å². The molecular formula is C14H11F8N5O2. The van der Waals surface area contributed by atoms with Crippen molar-refractivity contribution in [3.8, 4) is 0 Å². The number of hydrogen-bond donors (Lipinski definition) is 0. The summed E-state index contributed by atoms with van der Waals surface area (Å²) in [6.07, 6.45) is -11.9. The number of aromatic nitrogens is 3. The van der Waals surface area contributed by atoms with Crippen molar-refractivity contribution in [3.05, 3.63) is 39.2 Å². The average molecular weight is 433 g/mol. The van der Waals surface area contributed by atoms with E-state index in [2.05, 4.69) is 10.1 Å². The number of pyridine rings is 1. The monoisotopic (exact) mass is 433 g/mol. The third kappa shape index (κ3) is 3.80. The fraction of sp³-hybridized carbons (Fsp3) is 0.429. The fourth-order valence-electron chi connectivity index (χ4n) is 2.54. The number of alkyl halides is 8. The van der Waals surface area contributed by atoms with Crippen LogP contribution in [-0.4, -0.2) is 32.9 Å². The van der Waals surface area contributed by atoms with Crippen LogP contribution in [0.25, 0.3) is 0 Å². The molecule has 29 heavy (non-hydrogen) atoms. The van der Waals surface area contributed by atoms with Gasteiger partial charge in [0, 0.05) is 20.2 Å². The zero-order valence-electron chi connectivity index (χ0n) is 14.7. The lowest BCUT2D eigenvalue weighted by Crippen LogP contribution is -2.36. The van der Waals surface area contributed by atoms with E-state index in [4.69, 9.17) is 0 Å². The number of nitrogens with zero attached hydrogens (tertiary/aromatic N) is 5. The highest BCUT2D eigenvalue weighted by atomic mass is 19.4. The van der Waals surface area contributed by atoms with Gasteiger partial charge in [-0.25, -0.2) is 4.98 Å². The van der Waals surface area contributed by atoms with Crippen molar-refractivity contribution in [2.75, 3.05) is 11.9 Å². The van der Waals surface area contributed by atoms with Gasteiger partial charge in [0.1, 0.15) is 22.9 Å². The quantitative estimate of drug-likeness (QED) is 0.404. The van der Waals surface area contributed by atoms with Crippen molar-refractivity contribution < 1.29 is 40.0 Å². The Kier molecular flexibility index (Phi) is 5.23. The summed E-state index contributed by atoms with van der Waals surface area (Å²) in [7, 11) is 1.66. The highest BCUT2D eigenvalue weighted by Crippen LogP contribution is 2.50. The van der Waals surface area contributed by atoms with Crippen molar-refractivity contribution in [1.29, 1.82) is 0 Å². The average Bonchev–Trinajstić information content (AvgIpc) is 2.90. The summed E-state index contributed by atoms with van der Waals surface area (Å²) >= 11 is 0. The second kappa shape index (κ2) is 6.81. The minimum atomic E-state index is -6.32. The minimum absolute atomic E-state index is 0.205. The molecule has 0 aliphatic rings. The van der Waals surface area contributed by atoms with E-state index in [9.17, 15) is 45.2 Å². The Morgan fingerprint density at radius 1 is 1.10 bits per heavy atom. The second-order valence-electron chi connectivity index (χ2n) is 5.83. The molecule has 0 aliphatic heterocycles. The molecule has 0 fully saturated rings. The van der Waals surface area contributed by atoms with Gasteiger partial charge >= 0.3 is 18.3 Å². The predicted octanol–water partition coefficient (Wildman–Crippen LogP) is 4.47. The van der Waals surface area contributed by atoms with E-state index < -0.39 is 46.0 Å². The van der Waals surface area contributed by atoms with E-state index in [0.717, 1.165) is 26.2 Å². The molecule has 0 N–H and O–H groups in total. The number of nitro groups is 1. The maximum Gasteiger partial charge on any atom is 0.459 e. The predicted molar refractivity (Wildman–Crippen MR) is 81.9 cm³/mol. The summed E-state index contributed by atoms with van der Waals surface area (Å²) in [6, 6.07) is 1.82. The number of hydrogen-bond acceptors (Lipinski definition) is 5. The van der Waals surface area contributed by atoms with E-state index in [0.29, 0.717) is 4.90 Å². The van der Waals surface area contributed by atoms with Gasteiger partial charge < -0.3 is 4.90 Å². The molecule has 0 aliphatic carbocycles. The number of aryl methyl sites for hydroxylation is 2. The Bertz CT molecular complexity index is 951. The lowest BCUT2D eigenvalue weighted by atomic mass is 10.1. The molecule has 160 valence electrons. The van der Waals surface area contributed by atoms with Crippen LogP contribution >= 0.6 is 0 Å². The van der Waals surface area contributed by atoms with Crippen LogP contribution in [0, 0.1) is 17.0 Å². The Hall–Kier alpha value is -3.00. The van der Waals surface area contributed by atoms with Gasteiger partial charge in [0.05, 0.1) is 4.92 Å². The van der Waals surface area contributed by atoms with Crippen molar-refractivity contribution in [3.63, 3.8) is 0 Å². The molecule has 0 atom stereocenters. The Labute approximate surface area is 156 Å². The lowest BCUT2D eigenvalue weighted by Gasteiger charge is -2.23. The number of rotatable bonds is 4. The summed E-state index contributed by atoms with van der Waals surface area (Å²) in [5.41, 5.74) is -5.49. The van der Waals surface area contributed by atoms with Crippen LogP contribution < -0.4 is 4.90 Å². The van der Waals surface area contributed by atoms with Gasteiger partial charge in [0.15, 0.2) is 5.69 Å². The van der Waals surface area contributed by atoms with E-state index >= 15 is 0 Å². The van der Waals surface area contributed by atoms with Crippen LogP contribution in [0.4, 0.5) is 52.4 Å². The van der Waals surface area contributed by atoms with Gasteiger partial charge in [-0.15, -0.1) is 0 Å². The van der Waals surface area contributed by atoms with Crippen LogP contribution in [0.2, 0.25) is 0 Å². The van der Waals surface area contributed by atoms with Crippen LogP contribution in [0.5, 0.6) is 0 Å². The molecule has 2 aromatic rings. The van der Waals surface area contributed by atoms with E-state index in [-0.39, 0.29) is 16.2 Å². The fourth-order valence-corrected chi connectivity index (χ4v) is 2.54. The first-order valence-electron chi connectivity index (χ1n) is 7.45. The molecule has 0 bridgehead atoms. The third-order valence-corrected chi connectivity index (χ3v) is 3.86. The maximum absolute atomic E-state index is 13.7. The van der Waals surface area contributed by atoms with Crippen molar-refractivity contribution in [1.82, 2.24) is 14.8 Å². The molecule has 0 aromatic carbocycles. The molecule has 0 saturated carbocycles. The first-order chi connectivity index (χ1) is 13.0. The van der Waals surface area contributed by atoms with Crippen LogP contribution in [0.1, 0.15) is 17.0 Å². The van der Waals surface area contributed by atoms with Gasteiger partial charge in [0.25, 0.3) is 5.69 Å². The molecule has 2 rings (SSSR count). The van der Waals surface area contributed by atoms with Gasteiger partial charge in [0.2, 0.25) is 0 Å². The summed E-state index contributed by atoms with van der Waals surface area (Å²) in [4.78, 5) is 14.3. The Morgan fingerprint density at radius 2 is 1.66 bits per heavy atom. The van der Waals surface area contributed by atoms with Gasteiger partial charge in [-0.2, -0.15) is 40.2 Å². The van der Waals surface area contributed by atoms with Crippen molar-refractivity contribution >= 4 is 17.3 Å². The third-order valence-electron chi connectivity index (χ3n) is 3.86. The molecule has 2 aromatic heterocycles. The molecular weight excluding hydrogens is 422 g/mol. The number of anilines is 2. The summed E-state index contributed by atoms with van der Waals surface area (Å²) in [5.74, 6) is -7.41. The molecule has 0 amide bonds. The Balaban J connectivity index is 2.74. The molecule has 2 heterocycles. The zero-order chi connectivity index (χ0) is 22.5. The highest BCUT2D eigenvalue weighted by Gasteiger charge is 2.64. The van der Waals surface area contributed by atoms with Crippen molar-refractivity contribution in [2.24, 2.45) is 7.05 Å². The van der Waals surface area contributed by atoms with E-state index in [1.165, 1.54) is 6.92 Å². The first kappa shape index (κ1) is 22.3. The van der Waals surface area contributed by atoms with Gasteiger partial charge in [-0.1, -0.05) is 0 Å². The summed E-state index contributed by atoms with van der Waals surface area (Å²) in [6.45, 7) is 1.17. The molecule has 15 heteroatoms. The highest BCUT2D eigenvalue weighted by molar-refractivity contribution is 5.63. The van der Waals surface area contributed by atoms with Crippen molar-refractivity contribution in [2.45, 2.75) is 25.2 Å². The van der Waals surface area contributed by atoms with Crippen LogP contribution in [0.15, 0.2) is 12.1 Å². The van der Waals surface area contributed by atoms with Crippen LogP contribution in [0.3, 0.4) is 0 Å².